The van der Waals surface area contributed by atoms with Crippen molar-refractivity contribution in [3.63, 3.8) is 0 Å². The molecule has 0 saturated carbocycles. The molecular weight excluding hydrogens is 164 g/mol. The lowest BCUT2D eigenvalue weighted by molar-refractivity contribution is 0.313. The van der Waals surface area contributed by atoms with Crippen molar-refractivity contribution in [2.75, 3.05) is 0 Å². The first kappa shape index (κ1) is 10.2. The summed E-state index contributed by atoms with van der Waals surface area (Å²) in [6, 6.07) is 0. The summed E-state index contributed by atoms with van der Waals surface area (Å²) in [5.74, 6) is 0. The molecule has 4 nitrogen and oxygen atoms in total. The Kier molecular flexibility index (Phi) is 2.20. The lowest BCUT2D eigenvalue weighted by Gasteiger charge is -2.27. The highest BCUT2D eigenvalue weighted by Gasteiger charge is 2.26. The van der Waals surface area contributed by atoms with Gasteiger partial charge in [-0.1, -0.05) is 5.21 Å². The smallest absolute Gasteiger partial charge is 0.0786 e. The molecular formula is C9H18N4. The third-order valence-electron chi connectivity index (χ3n) is 1.84. The van der Waals surface area contributed by atoms with E-state index >= 15 is 0 Å². The van der Waals surface area contributed by atoms with Crippen LogP contribution in [0.3, 0.4) is 0 Å². The predicted octanol–water partition coefficient (Wildman–Crippen LogP) is 1.23. The minimum atomic E-state index is -0.392. The third-order valence-corrected chi connectivity index (χ3v) is 1.84. The van der Waals surface area contributed by atoms with Gasteiger partial charge in [0.15, 0.2) is 0 Å². The Balaban J connectivity index is 3.19. The maximum atomic E-state index is 6.00. The van der Waals surface area contributed by atoms with E-state index in [1.807, 2.05) is 18.5 Å². The van der Waals surface area contributed by atoms with Gasteiger partial charge >= 0.3 is 0 Å². The van der Waals surface area contributed by atoms with Crippen LogP contribution < -0.4 is 5.73 Å². The van der Waals surface area contributed by atoms with Crippen LogP contribution in [0.5, 0.6) is 0 Å². The zero-order chi connectivity index (χ0) is 10.3. The Hall–Kier alpha value is -0.900. The summed E-state index contributed by atoms with van der Waals surface area (Å²) in [4.78, 5) is 0. The molecule has 4 heteroatoms. The van der Waals surface area contributed by atoms with Gasteiger partial charge in [0.1, 0.15) is 0 Å². The van der Waals surface area contributed by atoms with Crippen molar-refractivity contribution in [1.82, 2.24) is 15.0 Å². The van der Waals surface area contributed by atoms with Crippen LogP contribution in [-0.4, -0.2) is 15.0 Å². The minimum absolute atomic E-state index is 0.0670. The molecule has 13 heavy (non-hydrogen) atoms. The highest BCUT2D eigenvalue weighted by atomic mass is 15.5. The fourth-order valence-electron chi connectivity index (χ4n) is 1.17. The van der Waals surface area contributed by atoms with E-state index < -0.39 is 5.54 Å². The summed E-state index contributed by atoms with van der Waals surface area (Å²) < 4.78 is 1.87. The molecule has 0 aromatic carbocycles. The Morgan fingerprint density at radius 1 is 1.23 bits per heavy atom. The second-order valence-electron chi connectivity index (χ2n) is 4.92. The maximum absolute atomic E-state index is 6.00. The van der Waals surface area contributed by atoms with E-state index in [-0.39, 0.29) is 5.54 Å². The molecule has 74 valence electrons. The van der Waals surface area contributed by atoms with Crippen LogP contribution in [0.25, 0.3) is 0 Å². The molecule has 0 aliphatic carbocycles. The zero-order valence-electron chi connectivity index (χ0n) is 9.00. The molecule has 2 N–H and O–H groups in total. The summed E-state index contributed by atoms with van der Waals surface area (Å²) in [6.07, 6.45) is 1.73. The molecule has 0 saturated heterocycles. The van der Waals surface area contributed by atoms with E-state index in [0.717, 1.165) is 5.69 Å². The average molecular weight is 182 g/mol. The number of hydrogen-bond acceptors (Lipinski definition) is 3. The van der Waals surface area contributed by atoms with Crippen molar-refractivity contribution in [2.24, 2.45) is 5.73 Å². The molecule has 0 fully saturated rings. The van der Waals surface area contributed by atoms with E-state index in [2.05, 4.69) is 31.1 Å². The van der Waals surface area contributed by atoms with E-state index in [0.29, 0.717) is 0 Å². The first-order valence-corrected chi connectivity index (χ1v) is 4.43. The highest BCUT2D eigenvalue weighted by molar-refractivity contribution is 5.09. The van der Waals surface area contributed by atoms with Gasteiger partial charge in [0.05, 0.1) is 23.0 Å². The number of nitrogens with two attached hydrogens (primary N) is 1. The average Bonchev–Trinajstić information content (AvgIpc) is 2.27. The molecule has 0 aliphatic rings. The monoisotopic (exact) mass is 182 g/mol. The molecule has 0 bridgehead atoms. The number of aromatic nitrogens is 3. The fraction of sp³-hybridized carbons (Fsp3) is 0.778. The molecule has 1 aromatic rings. The van der Waals surface area contributed by atoms with Crippen molar-refractivity contribution < 1.29 is 0 Å². The van der Waals surface area contributed by atoms with Crippen molar-refractivity contribution in [3.05, 3.63) is 11.9 Å². The van der Waals surface area contributed by atoms with E-state index in [4.69, 9.17) is 5.73 Å². The molecule has 0 spiro atoms. The largest absolute Gasteiger partial charge is 0.321 e. The van der Waals surface area contributed by atoms with Crippen LogP contribution in [-0.2, 0) is 11.1 Å². The number of nitrogens with zero attached hydrogens (tertiary/aromatic N) is 3. The normalized spacial score (nSPS) is 13.4. The summed E-state index contributed by atoms with van der Waals surface area (Å²) in [5, 5.41) is 7.93. The van der Waals surface area contributed by atoms with Crippen molar-refractivity contribution >= 4 is 0 Å². The summed E-state index contributed by atoms with van der Waals surface area (Å²) in [6.45, 7) is 10.1. The van der Waals surface area contributed by atoms with Gasteiger partial charge in [0, 0.05) is 0 Å². The van der Waals surface area contributed by atoms with Crippen LogP contribution in [0.15, 0.2) is 6.20 Å². The van der Waals surface area contributed by atoms with Gasteiger partial charge in [0.2, 0.25) is 0 Å². The Morgan fingerprint density at radius 2 is 1.77 bits per heavy atom. The van der Waals surface area contributed by atoms with Gasteiger partial charge in [0.25, 0.3) is 0 Å². The van der Waals surface area contributed by atoms with Crippen molar-refractivity contribution in [3.8, 4) is 0 Å². The number of rotatable bonds is 1. The third kappa shape index (κ3) is 2.06. The molecule has 1 rings (SSSR count). The lowest BCUT2D eigenvalue weighted by atomic mass is 10.0. The molecule has 0 unspecified atom stereocenters. The second kappa shape index (κ2) is 2.80. The van der Waals surface area contributed by atoms with Crippen LogP contribution in [0.2, 0.25) is 0 Å². The zero-order valence-corrected chi connectivity index (χ0v) is 9.00. The SMILES string of the molecule is CC(C)(N)c1cnnn1C(C)(C)C. The molecule has 0 amide bonds. The Labute approximate surface area is 79.1 Å². The van der Waals surface area contributed by atoms with Gasteiger partial charge in [-0.3, -0.25) is 0 Å². The number of hydrogen-bond donors (Lipinski definition) is 1. The van der Waals surface area contributed by atoms with Gasteiger partial charge < -0.3 is 5.73 Å². The van der Waals surface area contributed by atoms with Gasteiger partial charge in [-0.25, -0.2) is 4.68 Å². The van der Waals surface area contributed by atoms with Crippen LogP contribution >= 0.6 is 0 Å². The molecule has 1 heterocycles. The Morgan fingerprint density at radius 3 is 2.08 bits per heavy atom. The predicted molar refractivity (Wildman–Crippen MR) is 52.2 cm³/mol. The van der Waals surface area contributed by atoms with Crippen molar-refractivity contribution in [2.45, 2.75) is 45.7 Å². The van der Waals surface area contributed by atoms with Gasteiger partial charge in [-0.2, -0.15) is 0 Å². The highest BCUT2D eigenvalue weighted by Crippen LogP contribution is 2.21. The topological polar surface area (TPSA) is 56.7 Å². The minimum Gasteiger partial charge on any atom is -0.321 e. The molecule has 0 radical (unpaired) electrons. The van der Waals surface area contributed by atoms with Crippen molar-refractivity contribution in [1.29, 1.82) is 0 Å². The lowest BCUT2D eigenvalue weighted by Crippen LogP contribution is -2.36. The molecule has 1 aromatic heterocycles. The van der Waals surface area contributed by atoms with Crippen LogP contribution in [0.4, 0.5) is 0 Å². The van der Waals surface area contributed by atoms with E-state index in [1.165, 1.54) is 0 Å². The molecule has 0 atom stereocenters. The van der Waals surface area contributed by atoms with Crippen LogP contribution in [0, 0.1) is 0 Å². The quantitative estimate of drug-likeness (QED) is 0.710. The first-order valence-electron chi connectivity index (χ1n) is 4.43. The summed E-state index contributed by atoms with van der Waals surface area (Å²) in [7, 11) is 0. The maximum Gasteiger partial charge on any atom is 0.0786 e. The van der Waals surface area contributed by atoms with E-state index in [1.54, 1.807) is 6.20 Å². The fourth-order valence-corrected chi connectivity index (χ4v) is 1.17. The van der Waals surface area contributed by atoms with Crippen LogP contribution in [0.1, 0.15) is 40.3 Å². The first-order chi connectivity index (χ1) is 5.73. The standard InChI is InChI=1S/C9H18N4/c1-8(2,3)13-7(6-11-12-13)9(4,5)10/h6H,10H2,1-5H3. The summed E-state index contributed by atoms with van der Waals surface area (Å²) >= 11 is 0. The van der Waals surface area contributed by atoms with Gasteiger partial charge in [-0.15, -0.1) is 5.10 Å². The van der Waals surface area contributed by atoms with Gasteiger partial charge in [-0.05, 0) is 34.6 Å². The second-order valence-corrected chi connectivity index (χ2v) is 4.92. The van der Waals surface area contributed by atoms with E-state index in [9.17, 15) is 0 Å². The summed E-state index contributed by atoms with van der Waals surface area (Å²) in [5.41, 5.74) is 6.50. The Bertz CT molecular complexity index is 259. The molecule has 0 aliphatic heterocycles.